The van der Waals surface area contributed by atoms with Crippen LogP contribution in [0.25, 0.3) is 0 Å². The molecule has 0 saturated carbocycles. The Morgan fingerprint density at radius 2 is 2.15 bits per heavy atom. The van der Waals surface area contributed by atoms with Gasteiger partial charge in [-0.1, -0.05) is 22.0 Å². The molecule has 0 saturated heterocycles. The number of aromatic hydroxyl groups is 1. The van der Waals surface area contributed by atoms with E-state index in [0.29, 0.717) is 5.56 Å². The summed E-state index contributed by atoms with van der Waals surface area (Å²) in [5, 5.41) is 18.3. The number of aryl methyl sites for hydroxylation is 1. The van der Waals surface area contributed by atoms with E-state index in [4.69, 9.17) is 5.26 Å². The topological polar surface area (TPSA) is 44.0 Å². The Morgan fingerprint density at radius 1 is 1.54 bits per heavy atom. The molecule has 0 heterocycles. The van der Waals surface area contributed by atoms with E-state index in [1.54, 1.807) is 13.0 Å². The number of phenolic OH excluding ortho intramolecular Hbond substituents is 1. The number of phenols is 1. The molecule has 0 aliphatic carbocycles. The Kier molecular flexibility index (Phi) is 2.94. The average molecular weight is 240 g/mol. The maximum absolute atomic E-state index is 9.54. The van der Waals surface area contributed by atoms with Crippen LogP contribution in [-0.4, -0.2) is 5.11 Å². The van der Waals surface area contributed by atoms with Crippen molar-refractivity contribution in [2.24, 2.45) is 0 Å². The second-order valence-corrected chi connectivity index (χ2v) is 3.77. The standard InChI is InChI=1S/C10H10BrNO/c1-6-3-4-8(13)9(10(6)11)7(2)5-12/h3-4,7,13H,1-2H3. The smallest absolute Gasteiger partial charge is 0.121 e. The minimum Gasteiger partial charge on any atom is -0.508 e. The summed E-state index contributed by atoms with van der Waals surface area (Å²) in [6.45, 7) is 3.69. The normalized spacial score (nSPS) is 12.2. The molecule has 1 unspecified atom stereocenters. The number of benzene rings is 1. The first kappa shape index (κ1) is 10.1. The highest BCUT2D eigenvalue weighted by Gasteiger charge is 2.14. The van der Waals surface area contributed by atoms with Crippen LogP contribution in [0.1, 0.15) is 24.0 Å². The molecule has 0 aromatic heterocycles. The van der Waals surface area contributed by atoms with Crippen molar-refractivity contribution in [3.05, 3.63) is 27.7 Å². The van der Waals surface area contributed by atoms with E-state index >= 15 is 0 Å². The molecule has 0 aliphatic heterocycles. The Morgan fingerprint density at radius 3 is 2.69 bits per heavy atom. The van der Waals surface area contributed by atoms with Crippen LogP contribution in [0, 0.1) is 18.3 Å². The van der Waals surface area contributed by atoms with Crippen LogP contribution < -0.4 is 0 Å². The van der Waals surface area contributed by atoms with Gasteiger partial charge in [-0.05, 0) is 25.5 Å². The van der Waals surface area contributed by atoms with Gasteiger partial charge in [-0.25, -0.2) is 0 Å². The number of rotatable bonds is 1. The summed E-state index contributed by atoms with van der Waals surface area (Å²) in [6.07, 6.45) is 0. The highest BCUT2D eigenvalue weighted by Crippen LogP contribution is 2.34. The fraction of sp³-hybridized carbons (Fsp3) is 0.300. The number of hydrogen-bond acceptors (Lipinski definition) is 2. The van der Waals surface area contributed by atoms with Crippen LogP contribution in [0.15, 0.2) is 16.6 Å². The maximum Gasteiger partial charge on any atom is 0.121 e. The van der Waals surface area contributed by atoms with Crippen LogP contribution in [0.4, 0.5) is 0 Å². The van der Waals surface area contributed by atoms with Crippen molar-refractivity contribution in [2.45, 2.75) is 19.8 Å². The molecule has 1 atom stereocenters. The quantitative estimate of drug-likeness (QED) is 0.819. The molecule has 1 aromatic rings. The van der Waals surface area contributed by atoms with E-state index in [1.807, 2.05) is 13.0 Å². The van der Waals surface area contributed by atoms with Crippen LogP contribution in [0.3, 0.4) is 0 Å². The van der Waals surface area contributed by atoms with Gasteiger partial charge in [0, 0.05) is 10.0 Å². The molecule has 1 N–H and O–H groups in total. The van der Waals surface area contributed by atoms with Gasteiger partial charge in [-0.2, -0.15) is 5.26 Å². The highest BCUT2D eigenvalue weighted by molar-refractivity contribution is 9.10. The number of halogens is 1. The van der Waals surface area contributed by atoms with E-state index in [0.717, 1.165) is 10.0 Å². The minimum absolute atomic E-state index is 0.173. The van der Waals surface area contributed by atoms with Crippen molar-refractivity contribution in [1.82, 2.24) is 0 Å². The first-order valence-corrected chi connectivity index (χ1v) is 4.74. The van der Waals surface area contributed by atoms with Gasteiger partial charge < -0.3 is 5.11 Å². The van der Waals surface area contributed by atoms with Crippen molar-refractivity contribution in [3.8, 4) is 11.8 Å². The van der Waals surface area contributed by atoms with Gasteiger partial charge in [-0.3, -0.25) is 0 Å². The summed E-state index contributed by atoms with van der Waals surface area (Å²) in [6, 6.07) is 5.53. The fourth-order valence-electron chi connectivity index (χ4n) is 1.17. The molecule has 0 radical (unpaired) electrons. The van der Waals surface area contributed by atoms with Crippen molar-refractivity contribution in [2.75, 3.05) is 0 Å². The summed E-state index contributed by atoms with van der Waals surface area (Å²) >= 11 is 3.36. The van der Waals surface area contributed by atoms with E-state index < -0.39 is 0 Å². The molecule has 2 nitrogen and oxygen atoms in total. The molecule has 13 heavy (non-hydrogen) atoms. The largest absolute Gasteiger partial charge is 0.508 e. The molecule has 0 fully saturated rings. The van der Waals surface area contributed by atoms with E-state index in [2.05, 4.69) is 22.0 Å². The zero-order valence-electron chi connectivity index (χ0n) is 7.50. The summed E-state index contributed by atoms with van der Waals surface area (Å²) in [5.41, 5.74) is 1.69. The monoisotopic (exact) mass is 239 g/mol. The van der Waals surface area contributed by atoms with Crippen molar-refractivity contribution >= 4 is 15.9 Å². The van der Waals surface area contributed by atoms with Crippen molar-refractivity contribution < 1.29 is 5.11 Å². The molecule has 0 aliphatic rings. The van der Waals surface area contributed by atoms with Crippen LogP contribution in [0.5, 0.6) is 5.75 Å². The van der Waals surface area contributed by atoms with Gasteiger partial charge in [0.1, 0.15) is 5.75 Å². The number of hydrogen-bond donors (Lipinski definition) is 1. The van der Waals surface area contributed by atoms with Gasteiger partial charge >= 0.3 is 0 Å². The lowest BCUT2D eigenvalue weighted by Gasteiger charge is -2.10. The lowest BCUT2D eigenvalue weighted by molar-refractivity contribution is 0.466. The average Bonchev–Trinajstić information content (AvgIpc) is 2.12. The third-order valence-electron chi connectivity index (χ3n) is 1.98. The molecular formula is C10H10BrNO. The van der Waals surface area contributed by atoms with E-state index in [1.165, 1.54) is 0 Å². The zero-order chi connectivity index (χ0) is 10.0. The number of nitriles is 1. The molecule has 68 valence electrons. The molecule has 1 rings (SSSR count). The van der Waals surface area contributed by atoms with Gasteiger partial charge in [-0.15, -0.1) is 0 Å². The summed E-state index contributed by atoms with van der Waals surface area (Å²) in [5.74, 6) is -0.124. The maximum atomic E-state index is 9.54. The SMILES string of the molecule is Cc1ccc(O)c(C(C)C#N)c1Br. The molecule has 1 aromatic carbocycles. The predicted octanol–water partition coefficient (Wildman–Crippen LogP) is 3.09. The molecule has 0 spiro atoms. The van der Waals surface area contributed by atoms with Gasteiger partial charge in [0.2, 0.25) is 0 Å². The zero-order valence-corrected chi connectivity index (χ0v) is 9.09. The summed E-state index contributed by atoms with van der Waals surface area (Å²) < 4.78 is 0.821. The second-order valence-electron chi connectivity index (χ2n) is 2.98. The van der Waals surface area contributed by atoms with Crippen LogP contribution in [0.2, 0.25) is 0 Å². The Balaban J connectivity index is 3.35. The van der Waals surface area contributed by atoms with E-state index in [-0.39, 0.29) is 11.7 Å². The second kappa shape index (κ2) is 3.80. The molecule has 0 amide bonds. The molecule has 0 bridgehead atoms. The fourth-order valence-corrected chi connectivity index (χ4v) is 1.85. The lowest BCUT2D eigenvalue weighted by atomic mass is 10.00. The van der Waals surface area contributed by atoms with Gasteiger partial charge in [0.05, 0.1) is 12.0 Å². The first-order chi connectivity index (χ1) is 6.07. The van der Waals surface area contributed by atoms with Gasteiger partial charge in [0.25, 0.3) is 0 Å². The number of nitrogens with zero attached hydrogens (tertiary/aromatic N) is 1. The predicted molar refractivity (Wildman–Crippen MR) is 54.6 cm³/mol. The lowest BCUT2D eigenvalue weighted by Crippen LogP contribution is -1.93. The Labute approximate surface area is 85.9 Å². The van der Waals surface area contributed by atoms with E-state index in [9.17, 15) is 5.11 Å². The van der Waals surface area contributed by atoms with Crippen LogP contribution >= 0.6 is 15.9 Å². The molecule has 3 heteroatoms. The minimum atomic E-state index is -0.297. The van der Waals surface area contributed by atoms with Crippen LogP contribution in [-0.2, 0) is 0 Å². The summed E-state index contributed by atoms with van der Waals surface area (Å²) in [4.78, 5) is 0. The highest BCUT2D eigenvalue weighted by atomic mass is 79.9. The molecular weight excluding hydrogens is 230 g/mol. The Hall–Kier alpha value is -1.01. The van der Waals surface area contributed by atoms with Gasteiger partial charge in [0.15, 0.2) is 0 Å². The first-order valence-electron chi connectivity index (χ1n) is 3.95. The van der Waals surface area contributed by atoms with Crippen molar-refractivity contribution in [1.29, 1.82) is 5.26 Å². The third-order valence-corrected chi connectivity index (χ3v) is 3.03. The summed E-state index contributed by atoms with van der Waals surface area (Å²) in [7, 11) is 0. The Bertz CT molecular complexity index is 368. The third kappa shape index (κ3) is 1.84. The van der Waals surface area contributed by atoms with Crippen molar-refractivity contribution in [3.63, 3.8) is 0 Å².